The smallest absolute Gasteiger partial charge is 0.120 e. The Kier molecular flexibility index (Phi) is 4.53. The molecule has 0 bridgehead atoms. The van der Waals surface area contributed by atoms with Crippen molar-refractivity contribution in [1.82, 2.24) is 4.57 Å². The third kappa shape index (κ3) is 3.17. The SMILES string of the molecule is CCn1cc(COc2ccc(OC)cc2)c2ccc(CN)cc21. The van der Waals surface area contributed by atoms with E-state index in [4.69, 9.17) is 15.2 Å². The van der Waals surface area contributed by atoms with Gasteiger partial charge in [0.05, 0.1) is 7.11 Å². The molecular formula is C19H22N2O2. The van der Waals surface area contributed by atoms with Gasteiger partial charge in [0.1, 0.15) is 18.1 Å². The number of fused-ring (bicyclic) bond motifs is 1. The first kappa shape index (κ1) is 15.4. The van der Waals surface area contributed by atoms with Crippen molar-refractivity contribution < 1.29 is 9.47 Å². The zero-order valence-electron chi connectivity index (χ0n) is 13.6. The van der Waals surface area contributed by atoms with Crippen molar-refractivity contribution in [1.29, 1.82) is 0 Å². The Bertz CT molecular complexity index is 791. The van der Waals surface area contributed by atoms with Crippen LogP contribution in [0.1, 0.15) is 18.1 Å². The third-order valence-electron chi connectivity index (χ3n) is 4.06. The average Bonchev–Trinajstić information content (AvgIpc) is 2.97. The minimum absolute atomic E-state index is 0.539. The summed E-state index contributed by atoms with van der Waals surface area (Å²) in [6.07, 6.45) is 2.16. The Morgan fingerprint density at radius 1 is 1.04 bits per heavy atom. The number of hydrogen-bond donors (Lipinski definition) is 1. The molecule has 23 heavy (non-hydrogen) atoms. The molecule has 0 spiro atoms. The molecule has 0 aliphatic heterocycles. The van der Waals surface area contributed by atoms with Crippen molar-refractivity contribution in [3.63, 3.8) is 0 Å². The van der Waals surface area contributed by atoms with E-state index in [0.717, 1.165) is 23.6 Å². The summed E-state index contributed by atoms with van der Waals surface area (Å²) >= 11 is 0. The van der Waals surface area contributed by atoms with E-state index in [2.05, 4.69) is 35.9 Å². The number of ether oxygens (including phenoxy) is 2. The van der Waals surface area contributed by atoms with Crippen molar-refractivity contribution in [3.8, 4) is 11.5 Å². The van der Waals surface area contributed by atoms with E-state index in [1.54, 1.807) is 7.11 Å². The maximum Gasteiger partial charge on any atom is 0.120 e. The number of methoxy groups -OCH3 is 1. The minimum atomic E-state index is 0.539. The summed E-state index contributed by atoms with van der Waals surface area (Å²) in [6.45, 7) is 4.16. The number of nitrogens with zero attached hydrogens (tertiary/aromatic N) is 1. The first-order valence-corrected chi connectivity index (χ1v) is 7.82. The molecule has 0 saturated heterocycles. The molecule has 0 radical (unpaired) electrons. The molecule has 3 rings (SSSR count). The predicted molar refractivity (Wildman–Crippen MR) is 92.8 cm³/mol. The van der Waals surface area contributed by atoms with Gasteiger partial charge < -0.3 is 19.8 Å². The third-order valence-corrected chi connectivity index (χ3v) is 4.06. The maximum atomic E-state index is 5.92. The highest BCUT2D eigenvalue weighted by Gasteiger charge is 2.09. The maximum absolute atomic E-state index is 5.92. The molecule has 4 nitrogen and oxygen atoms in total. The van der Waals surface area contributed by atoms with Crippen LogP contribution in [-0.2, 0) is 19.7 Å². The Morgan fingerprint density at radius 2 is 1.78 bits per heavy atom. The van der Waals surface area contributed by atoms with Gasteiger partial charge in [-0.3, -0.25) is 0 Å². The highest BCUT2D eigenvalue weighted by atomic mass is 16.5. The molecule has 120 valence electrons. The van der Waals surface area contributed by atoms with Gasteiger partial charge in [-0.1, -0.05) is 12.1 Å². The van der Waals surface area contributed by atoms with Crippen molar-refractivity contribution in [2.75, 3.05) is 7.11 Å². The largest absolute Gasteiger partial charge is 0.497 e. The Hall–Kier alpha value is -2.46. The van der Waals surface area contributed by atoms with Gasteiger partial charge >= 0.3 is 0 Å². The quantitative estimate of drug-likeness (QED) is 0.755. The second kappa shape index (κ2) is 6.75. The summed E-state index contributed by atoms with van der Waals surface area (Å²) in [4.78, 5) is 0. The number of hydrogen-bond acceptors (Lipinski definition) is 3. The molecule has 0 aliphatic rings. The van der Waals surface area contributed by atoms with Crippen LogP contribution in [0.3, 0.4) is 0 Å². The summed E-state index contributed by atoms with van der Waals surface area (Å²) in [5, 5.41) is 1.22. The number of nitrogens with two attached hydrogens (primary N) is 1. The fourth-order valence-electron chi connectivity index (χ4n) is 2.75. The molecule has 2 aromatic carbocycles. The van der Waals surface area contributed by atoms with Gasteiger partial charge in [0, 0.05) is 35.8 Å². The fourth-order valence-corrected chi connectivity index (χ4v) is 2.75. The van der Waals surface area contributed by atoms with Gasteiger partial charge in [-0.15, -0.1) is 0 Å². The van der Waals surface area contributed by atoms with Gasteiger partial charge in [0.2, 0.25) is 0 Å². The van der Waals surface area contributed by atoms with E-state index >= 15 is 0 Å². The van der Waals surface area contributed by atoms with E-state index in [1.807, 2.05) is 24.3 Å². The topological polar surface area (TPSA) is 49.4 Å². The highest BCUT2D eigenvalue weighted by molar-refractivity contribution is 5.84. The molecule has 0 fully saturated rings. The minimum Gasteiger partial charge on any atom is -0.497 e. The van der Waals surface area contributed by atoms with Crippen LogP contribution in [0.2, 0.25) is 0 Å². The number of benzene rings is 2. The fraction of sp³-hybridized carbons (Fsp3) is 0.263. The molecule has 0 unspecified atom stereocenters. The van der Waals surface area contributed by atoms with Crippen LogP contribution in [0, 0.1) is 0 Å². The lowest BCUT2D eigenvalue weighted by Crippen LogP contribution is -1.97. The van der Waals surface area contributed by atoms with E-state index in [9.17, 15) is 0 Å². The molecular weight excluding hydrogens is 288 g/mol. The highest BCUT2D eigenvalue weighted by Crippen LogP contribution is 2.25. The second-order valence-corrected chi connectivity index (χ2v) is 5.46. The lowest BCUT2D eigenvalue weighted by molar-refractivity contribution is 0.306. The van der Waals surface area contributed by atoms with E-state index in [-0.39, 0.29) is 0 Å². The van der Waals surface area contributed by atoms with Crippen LogP contribution < -0.4 is 15.2 Å². The van der Waals surface area contributed by atoms with Gasteiger partial charge in [0.15, 0.2) is 0 Å². The summed E-state index contributed by atoms with van der Waals surface area (Å²) in [5.74, 6) is 1.66. The van der Waals surface area contributed by atoms with Gasteiger partial charge in [-0.25, -0.2) is 0 Å². The molecule has 2 N–H and O–H groups in total. The van der Waals surface area contributed by atoms with Gasteiger partial charge in [-0.05, 0) is 42.8 Å². The van der Waals surface area contributed by atoms with Gasteiger partial charge in [0.25, 0.3) is 0 Å². The predicted octanol–water partition coefficient (Wildman–Crippen LogP) is 3.71. The standard InChI is InChI=1S/C19H22N2O2/c1-3-21-12-15(18-9-4-14(11-20)10-19(18)21)13-23-17-7-5-16(22-2)6-8-17/h4-10,12H,3,11,13,20H2,1-2H3. The first-order chi connectivity index (χ1) is 11.2. The monoisotopic (exact) mass is 310 g/mol. The molecule has 4 heteroatoms. The molecule has 0 atom stereocenters. The van der Waals surface area contributed by atoms with Crippen LogP contribution in [0.25, 0.3) is 10.9 Å². The van der Waals surface area contributed by atoms with Crippen LogP contribution in [0.5, 0.6) is 11.5 Å². The lowest BCUT2D eigenvalue weighted by atomic mass is 10.1. The zero-order chi connectivity index (χ0) is 16.2. The average molecular weight is 310 g/mol. The molecule has 0 amide bonds. The number of aryl methyl sites for hydroxylation is 1. The van der Waals surface area contributed by atoms with Crippen LogP contribution in [-0.4, -0.2) is 11.7 Å². The molecule has 1 heterocycles. The Morgan fingerprint density at radius 3 is 2.43 bits per heavy atom. The molecule has 0 aliphatic carbocycles. The molecule has 0 saturated carbocycles. The van der Waals surface area contributed by atoms with E-state index < -0.39 is 0 Å². The zero-order valence-corrected chi connectivity index (χ0v) is 13.6. The second-order valence-electron chi connectivity index (χ2n) is 5.46. The number of aromatic nitrogens is 1. The Labute approximate surface area is 136 Å². The Balaban J connectivity index is 1.84. The molecule has 3 aromatic rings. The van der Waals surface area contributed by atoms with Crippen LogP contribution >= 0.6 is 0 Å². The number of rotatable bonds is 6. The van der Waals surface area contributed by atoms with Crippen molar-refractivity contribution >= 4 is 10.9 Å². The van der Waals surface area contributed by atoms with Gasteiger partial charge in [-0.2, -0.15) is 0 Å². The lowest BCUT2D eigenvalue weighted by Gasteiger charge is -2.06. The van der Waals surface area contributed by atoms with Crippen molar-refractivity contribution in [3.05, 3.63) is 59.8 Å². The first-order valence-electron chi connectivity index (χ1n) is 7.82. The summed E-state index contributed by atoms with van der Waals surface area (Å²) in [5.41, 5.74) is 9.29. The summed E-state index contributed by atoms with van der Waals surface area (Å²) in [6, 6.07) is 14.0. The van der Waals surface area contributed by atoms with Crippen molar-refractivity contribution in [2.24, 2.45) is 5.73 Å². The van der Waals surface area contributed by atoms with Crippen LogP contribution in [0.4, 0.5) is 0 Å². The van der Waals surface area contributed by atoms with E-state index in [1.165, 1.54) is 16.5 Å². The normalized spacial score (nSPS) is 10.9. The molecule has 1 aromatic heterocycles. The van der Waals surface area contributed by atoms with Crippen molar-refractivity contribution in [2.45, 2.75) is 26.6 Å². The summed E-state index contributed by atoms with van der Waals surface area (Å²) in [7, 11) is 1.66. The summed E-state index contributed by atoms with van der Waals surface area (Å²) < 4.78 is 13.3. The van der Waals surface area contributed by atoms with Crippen LogP contribution in [0.15, 0.2) is 48.7 Å². The van der Waals surface area contributed by atoms with E-state index in [0.29, 0.717) is 13.2 Å².